The highest BCUT2D eigenvalue weighted by atomic mass is 16.3. The molecule has 0 fully saturated rings. The summed E-state index contributed by atoms with van der Waals surface area (Å²) in [5.74, 6) is 1.37. The summed E-state index contributed by atoms with van der Waals surface area (Å²) in [5, 5.41) is 9.40. The third kappa shape index (κ3) is 3.93. The predicted molar refractivity (Wildman–Crippen MR) is 71.5 cm³/mol. The normalized spacial score (nSPS) is 11.0. The lowest BCUT2D eigenvalue weighted by molar-refractivity contribution is 0.317. The van der Waals surface area contributed by atoms with Crippen LogP contribution in [0.1, 0.15) is 17.7 Å². The average Bonchev–Trinajstić information content (AvgIpc) is 2.82. The molecule has 1 heterocycles. The SMILES string of the molecule is CN(CCCc1ccco1)Cc1cccc(O)c1. The molecule has 0 bridgehead atoms. The van der Waals surface area contributed by atoms with Crippen LogP contribution in [0.25, 0.3) is 0 Å². The minimum absolute atomic E-state index is 0.330. The molecule has 0 unspecified atom stereocenters. The van der Waals surface area contributed by atoms with E-state index < -0.39 is 0 Å². The van der Waals surface area contributed by atoms with Crippen molar-refractivity contribution < 1.29 is 9.52 Å². The predicted octanol–water partition coefficient (Wildman–Crippen LogP) is 3.05. The minimum atomic E-state index is 0.330. The van der Waals surface area contributed by atoms with Crippen LogP contribution in [0.4, 0.5) is 0 Å². The molecule has 2 rings (SSSR count). The van der Waals surface area contributed by atoms with Crippen LogP contribution in [-0.4, -0.2) is 23.6 Å². The van der Waals surface area contributed by atoms with Gasteiger partial charge in [-0.1, -0.05) is 12.1 Å². The van der Waals surface area contributed by atoms with Crippen LogP contribution < -0.4 is 0 Å². The summed E-state index contributed by atoms with van der Waals surface area (Å²) >= 11 is 0. The number of phenolic OH excluding ortho intramolecular Hbond substituents is 1. The van der Waals surface area contributed by atoms with E-state index in [0.29, 0.717) is 5.75 Å². The zero-order chi connectivity index (χ0) is 12.8. The monoisotopic (exact) mass is 245 g/mol. The minimum Gasteiger partial charge on any atom is -0.508 e. The topological polar surface area (TPSA) is 36.6 Å². The molecule has 1 aromatic heterocycles. The van der Waals surface area contributed by atoms with E-state index in [2.05, 4.69) is 11.9 Å². The Morgan fingerprint density at radius 1 is 1.22 bits per heavy atom. The van der Waals surface area contributed by atoms with Crippen molar-refractivity contribution in [2.75, 3.05) is 13.6 Å². The first kappa shape index (κ1) is 12.7. The van der Waals surface area contributed by atoms with E-state index in [1.54, 1.807) is 12.3 Å². The molecule has 0 aliphatic carbocycles. The first-order valence-corrected chi connectivity index (χ1v) is 6.23. The highest BCUT2D eigenvalue weighted by Crippen LogP contribution is 2.12. The summed E-state index contributed by atoms with van der Waals surface area (Å²) in [6.07, 6.45) is 3.76. The molecule has 0 atom stereocenters. The van der Waals surface area contributed by atoms with E-state index in [9.17, 15) is 5.11 Å². The molecule has 0 aliphatic rings. The van der Waals surface area contributed by atoms with Gasteiger partial charge in [-0.3, -0.25) is 0 Å². The molecule has 0 radical (unpaired) electrons. The molecule has 0 aliphatic heterocycles. The molecule has 0 amide bonds. The number of aromatic hydroxyl groups is 1. The van der Waals surface area contributed by atoms with E-state index in [-0.39, 0.29) is 0 Å². The maximum Gasteiger partial charge on any atom is 0.115 e. The van der Waals surface area contributed by atoms with E-state index in [0.717, 1.165) is 37.3 Å². The summed E-state index contributed by atoms with van der Waals surface area (Å²) in [6.45, 7) is 1.86. The fourth-order valence-corrected chi connectivity index (χ4v) is 2.02. The van der Waals surface area contributed by atoms with Crippen LogP contribution >= 0.6 is 0 Å². The molecule has 0 spiro atoms. The quantitative estimate of drug-likeness (QED) is 0.849. The second kappa shape index (κ2) is 6.26. The second-order valence-corrected chi connectivity index (χ2v) is 4.59. The van der Waals surface area contributed by atoms with Crippen molar-refractivity contribution >= 4 is 0 Å². The van der Waals surface area contributed by atoms with Gasteiger partial charge >= 0.3 is 0 Å². The Bertz CT molecular complexity index is 465. The second-order valence-electron chi connectivity index (χ2n) is 4.59. The van der Waals surface area contributed by atoms with Gasteiger partial charge in [0.25, 0.3) is 0 Å². The molecule has 3 heteroatoms. The van der Waals surface area contributed by atoms with Crippen molar-refractivity contribution in [1.82, 2.24) is 4.90 Å². The highest BCUT2D eigenvalue weighted by Gasteiger charge is 2.02. The summed E-state index contributed by atoms with van der Waals surface area (Å²) in [7, 11) is 2.09. The van der Waals surface area contributed by atoms with Gasteiger partial charge in [0.15, 0.2) is 0 Å². The van der Waals surface area contributed by atoms with Gasteiger partial charge in [-0.05, 0) is 49.8 Å². The number of aryl methyl sites for hydroxylation is 1. The van der Waals surface area contributed by atoms with Gasteiger partial charge in [0.05, 0.1) is 6.26 Å². The fraction of sp³-hybridized carbons (Fsp3) is 0.333. The summed E-state index contributed by atoms with van der Waals surface area (Å²) in [6, 6.07) is 11.3. The Labute approximate surface area is 108 Å². The zero-order valence-electron chi connectivity index (χ0n) is 10.7. The van der Waals surface area contributed by atoms with Crippen LogP contribution in [0.2, 0.25) is 0 Å². The molecule has 3 nitrogen and oxygen atoms in total. The highest BCUT2D eigenvalue weighted by molar-refractivity contribution is 5.26. The van der Waals surface area contributed by atoms with Crippen molar-refractivity contribution in [3.63, 3.8) is 0 Å². The number of phenols is 1. The molecule has 0 saturated carbocycles. The number of nitrogens with zero attached hydrogens (tertiary/aromatic N) is 1. The Morgan fingerprint density at radius 3 is 2.83 bits per heavy atom. The van der Waals surface area contributed by atoms with Gasteiger partial charge in [0.1, 0.15) is 11.5 Å². The number of hydrogen-bond donors (Lipinski definition) is 1. The molecule has 96 valence electrons. The Balaban J connectivity index is 1.73. The summed E-state index contributed by atoms with van der Waals surface area (Å²) < 4.78 is 5.30. The van der Waals surface area contributed by atoms with Crippen molar-refractivity contribution in [3.05, 3.63) is 54.0 Å². The van der Waals surface area contributed by atoms with Gasteiger partial charge in [0, 0.05) is 13.0 Å². The van der Waals surface area contributed by atoms with Crippen molar-refractivity contribution in [2.24, 2.45) is 0 Å². The number of rotatable bonds is 6. The van der Waals surface area contributed by atoms with E-state index in [1.807, 2.05) is 30.3 Å². The first-order valence-electron chi connectivity index (χ1n) is 6.23. The standard InChI is InChI=1S/C15H19NO2/c1-16(9-3-7-15-8-4-10-18-15)12-13-5-2-6-14(17)11-13/h2,4-6,8,10-11,17H,3,7,9,12H2,1H3. The van der Waals surface area contributed by atoms with Crippen LogP contribution in [0.15, 0.2) is 47.1 Å². The lowest BCUT2D eigenvalue weighted by atomic mass is 10.2. The Hall–Kier alpha value is -1.74. The number of benzene rings is 1. The van der Waals surface area contributed by atoms with Gasteiger partial charge in [0.2, 0.25) is 0 Å². The van der Waals surface area contributed by atoms with Crippen LogP contribution in [-0.2, 0) is 13.0 Å². The smallest absolute Gasteiger partial charge is 0.115 e. The maximum absolute atomic E-state index is 9.40. The van der Waals surface area contributed by atoms with Crippen LogP contribution in [0, 0.1) is 0 Å². The van der Waals surface area contributed by atoms with Gasteiger partial charge in [-0.2, -0.15) is 0 Å². The van der Waals surface area contributed by atoms with E-state index in [4.69, 9.17) is 4.42 Å². The maximum atomic E-state index is 9.40. The van der Waals surface area contributed by atoms with Crippen molar-refractivity contribution in [3.8, 4) is 5.75 Å². The Kier molecular flexibility index (Phi) is 4.42. The third-order valence-electron chi connectivity index (χ3n) is 2.91. The average molecular weight is 245 g/mol. The van der Waals surface area contributed by atoms with Crippen LogP contribution in [0.5, 0.6) is 5.75 Å². The molecule has 1 aromatic carbocycles. The van der Waals surface area contributed by atoms with E-state index in [1.165, 1.54) is 0 Å². The number of hydrogen-bond acceptors (Lipinski definition) is 3. The van der Waals surface area contributed by atoms with Gasteiger partial charge in [-0.15, -0.1) is 0 Å². The molecule has 1 N–H and O–H groups in total. The molecular formula is C15H19NO2. The van der Waals surface area contributed by atoms with Crippen molar-refractivity contribution in [1.29, 1.82) is 0 Å². The lowest BCUT2D eigenvalue weighted by Crippen LogP contribution is -2.19. The first-order chi connectivity index (χ1) is 8.74. The summed E-state index contributed by atoms with van der Waals surface area (Å²) in [5.41, 5.74) is 1.13. The largest absolute Gasteiger partial charge is 0.508 e. The van der Waals surface area contributed by atoms with Crippen LogP contribution in [0.3, 0.4) is 0 Å². The molecule has 18 heavy (non-hydrogen) atoms. The zero-order valence-corrected chi connectivity index (χ0v) is 10.7. The van der Waals surface area contributed by atoms with Crippen molar-refractivity contribution in [2.45, 2.75) is 19.4 Å². The Morgan fingerprint density at radius 2 is 2.11 bits per heavy atom. The fourth-order valence-electron chi connectivity index (χ4n) is 2.02. The molecule has 2 aromatic rings. The van der Waals surface area contributed by atoms with Gasteiger partial charge < -0.3 is 14.4 Å². The lowest BCUT2D eigenvalue weighted by Gasteiger charge is -2.16. The molecular weight excluding hydrogens is 226 g/mol. The van der Waals surface area contributed by atoms with E-state index >= 15 is 0 Å². The summed E-state index contributed by atoms with van der Waals surface area (Å²) in [4.78, 5) is 2.25. The third-order valence-corrected chi connectivity index (χ3v) is 2.91. The van der Waals surface area contributed by atoms with Gasteiger partial charge in [-0.25, -0.2) is 0 Å². The number of furan rings is 1. The molecule has 0 saturated heterocycles.